The molecule has 0 unspecified atom stereocenters. The van der Waals surface area contributed by atoms with Gasteiger partial charge in [-0.3, -0.25) is 0 Å². The predicted molar refractivity (Wildman–Crippen MR) is 55.1 cm³/mol. The zero-order valence-electron chi connectivity index (χ0n) is 6.80. The maximum absolute atomic E-state index is 9.52. The molecule has 0 fully saturated rings. The monoisotopic (exact) mass is 214 g/mol. The Kier molecular flexibility index (Phi) is 3.58. The van der Waals surface area contributed by atoms with Crippen LogP contribution in [-0.2, 0) is 0 Å². The van der Waals surface area contributed by atoms with Crippen LogP contribution in [-0.4, -0.2) is 5.11 Å². The van der Waals surface area contributed by atoms with E-state index >= 15 is 0 Å². The second-order valence-electron chi connectivity index (χ2n) is 2.46. The molecule has 1 N–H and O–H groups in total. The molecule has 0 bridgehead atoms. The maximum Gasteiger partial charge on any atom is 0.106 e. The normalized spacial score (nSPS) is 11.9. The van der Waals surface area contributed by atoms with E-state index in [4.69, 9.17) is 23.2 Å². The summed E-state index contributed by atoms with van der Waals surface area (Å²) >= 11 is 11.6. The van der Waals surface area contributed by atoms with Crippen molar-refractivity contribution >= 4 is 23.2 Å². The highest BCUT2D eigenvalue weighted by Gasteiger charge is 2.09. The van der Waals surface area contributed by atoms with Gasteiger partial charge in [-0.05, 0) is 12.1 Å². The molecule has 1 aromatic carbocycles. The van der Waals surface area contributed by atoms with Crippen LogP contribution in [0.25, 0.3) is 0 Å². The van der Waals surface area contributed by atoms with E-state index < -0.39 is 6.10 Å². The van der Waals surface area contributed by atoms with Crippen molar-refractivity contribution in [3.63, 3.8) is 0 Å². The van der Waals surface area contributed by atoms with Crippen LogP contribution in [0, 0.1) is 0 Å². The van der Waals surface area contributed by atoms with Crippen molar-refractivity contribution in [2.75, 3.05) is 0 Å². The largest absolute Gasteiger partial charge is 0.384 e. The topological polar surface area (TPSA) is 20.2 Å². The standard InChI is InChI=1S/C10H8Cl2O/c1-2-4-9(13)7-5-3-6-8(11)10(7)12/h3-6,9,13H,1H2/t9-/m0/s1. The number of benzene rings is 1. The number of hydrogen-bond donors (Lipinski definition) is 1. The van der Waals surface area contributed by atoms with Gasteiger partial charge in [-0.25, -0.2) is 0 Å². The Morgan fingerprint density at radius 3 is 2.77 bits per heavy atom. The van der Waals surface area contributed by atoms with Crippen LogP contribution < -0.4 is 0 Å². The lowest BCUT2D eigenvalue weighted by Gasteiger charge is -2.07. The Bertz CT molecular complexity index is 354. The molecule has 1 atom stereocenters. The smallest absolute Gasteiger partial charge is 0.106 e. The lowest BCUT2D eigenvalue weighted by Crippen LogP contribution is -1.93. The quantitative estimate of drug-likeness (QED) is 0.750. The maximum atomic E-state index is 9.52. The van der Waals surface area contributed by atoms with E-state index in [2.05, 4.69) is 12.3 Å². The molecule has 13 heavy (non-hydrogen) atoms. The highest BCUT2D eigenvalue weighted by Crippen LogP contribution is 2.30. The third kappa shape index (κ3) is 2.36. The highest BCUT2D eigenvalue weighted by atomic mass is 35.5. The summed E-state index contributed by atoms with van der Waals surface area (Å²) in [5, 5.41) is 10.3. The first-order valence-electron chi connectivity index (χ1n) is 3.64. The minimum Gasteiger partial charge on any atom is -0.384 e. The minimum atomic E-state index is -0.802. The number of halogens is 2. The van der Waals surface area contributed by atoms with Crippen LogP contribution in [0.4, 0.5) is 0 Å². The second-order valence-corrected chi connectivity index (χ2v) is 3.24. The van der Waals surface area contributed by atoms with E-state index in [1.165, 1.54) is 6.08 Å². The third-order valence-electron chi connectivity index (χ3n) is 1.58. The molecular weight excluding hydrogens is 207 g/mol. The van der Waals surface area contributed by atoms with Crippen LogP contribution in [0.15, 0.2) is 36.6 Å². The fourth-order valence-electron chi connectivity index (χ4n) is 0.950. The minimum absolute atomic E-state index is 0.364. The molecule has 1 aromatic rings. The van der Waals surface area contributed by atoms with E-state index in [-0.39, 0.29) is 0 Å². The van der Waals surface area contributed by atoms with Gasteiger partial charge in [0.1, 0.15) is 6.10 Å². The molecule has 0 aromatic heterocycles. The lowest BCUT2D eigenvalue weighted by atomic mass is 10.1. The predicted octanol–water partition coefficient (Wildman–Crippen LogP) is 3.37. The summed E-state index contributed by atoms with van der Waals surface area (Å²) in [5.41, 5.74) is 3.05. The summed E-state index contributed by atoms with van der Waals surface area (Å²) in [7, 11) is 0. The molecule has 0 heterocycles. The molecular formula is C10H8Cl2O. The second kappa shape index (κ2) is 4.50. The average Bonchev–Trinajstić information content (AvgIpc) is 2.10. The Morgan fingerprint density at radius 1 is 1.46 bits per heavy atom. The SMILES string of the molecule is C=C=C[C@H](O)c1cccc(Cl)c1Cl. The number of aliphatic hydroxyl groups is 1. The van der Waals surface area contributed by atoms with Crippen molar-refractivity contribution in [1.29, 1.82) is 0 Å². The van der Waals surface area contributed by atoms with Crippen molar-refractivity contribution in [3.8, 4) is 0 Å². The Labute approximate surface area is 86.9 Å². The molecule has 68 valence electrons. The Hall–Kier alpha value is -0.720. The van der Waals surface area contributed by atoms with Crippen LogP contribution in [0.3, 0.4) is 0 Å². The summed E-state index contributed by atoms with van der Waals surface area (Å²) in [6.07, 6.45) is 0.612. The molecule has 0 amide bonds. The molecule has 0 aliphatic heterocycles. The van der Waals surface area contributed by atoms with Crippen LogP contribution in [0.2, 0.25) is 10.0 Å². The summed E-state index contributed by atoms with van der Waals surface area (Å²) in [5.74, 6) is 0. The Balaban J connectivity index is 3.14. The van der Waals surface area contributed by atoms with Gasteiger partial charge in [-0.2, -0.15) is 0 Å². The van der Waals surface area contributed by atoms with E-state index in [0.29, 0.717) is 15.6 Å². The van der Waals surface area contributed by atoms with E-state index in [1.54, 1.807) is 18.2 Å². The van der Waals surface area contributed by atoms with Gasteiger partial charge in [-0.15, -0.1) is 5.73 Å². The molecule has 1 rings (SSSR count). The van der Waals surface area contributed by atoms with Gasteiger partial charge in [0.05, 0.1) is 10.0 Å². The van der Waals surface area contributed by atoms with Gasteiger partial charge < -0.3 is 5.11 Å². The van der Waals surface area contributed by atoms with Crippen molar-refractivity contribution < 1.29 is 5.11 Å². The zero-order chi connectivity index (χ0) is 9.84. The van der Waals surface area contributed by atoms with Gasteiger partial charge in [-0.1, -0.05) is 41.9 Å². The number of rotatable bonds is 2. The lowest BCUT2D eigenvalue weighted by molar-refractivity contribution is 0.229. The van der Waals surface area contributed by atoms with Gasteiger partial charge >= 0.3 is 0 Å². The summed E-state index contributed by atoms with van der Waals surface area (Å²) < 4.78 is 0. The highest BCUT2D eigenvalue weighted by molar-refractivity contribution is 6.42. The molecule has 0 radical (unpaired) electrons. The molecule has 1 nitrogen and oxygen atoms in total. The van der Waals surface area contributed by atoms with Crippen molar-refractivity contribution in [2.45, 2.75) is 6.10 Å². The van der Waals surface area contributed by atoms with E-state index in [0.717, 1.165) is 0 Å². The van der Waals surface area contributed by atoms with Gasteiger partial charge in [0.15, 0.2) is 0 Å². The zero-order valence-corrected chi connectivity index (χ0v) is 8.31. The molecule has 0 aliphatic carbocycles. The van der Waals surface area contributed by atoms with E-state index in [9.17, 15) is 5.11 Å². The number of aliphatic hydroxyl groups excluding tert-OH is 1. The van der Waals surface area contributed by atoms with Crippen molar-refractivity contribution in [2.24, 2.45) is 0 Å². The van der Waals surface area contributed by atoms with E-state index in [1.807, 2.05) is 0 Å². The van der Waals surface area contributed by atoms with Gasteiger partial charge in [0, 0.05) is 5.56 Å². The van der Waals surface area contributed by atoms with Crippen molar-refractivity contribution in [3.05, 3.63) is 52.2 Å². The molecule has 0 saturated heterocycles. The Morgan fingerprint density at radius 2 is 2.15 bits per heavy atom. The summed E-state index contributed by atoms with van der Waals surface area (Å²) in [6, 6.07) is 5.09. The first kappa shape index (κ1) is 10.4. The summed E-state index contributed by atoms with van der Waals surface area (Å²) in [6.45, 7) is 3.36. The van der Waals surface area contributed by atoms with Crippen molar-refractivity contribution in [1.82, 2.24) is 0 Å². The van der Waals surface area contributed by atoms with Gasteiger partial charge in [0.2, 0.25) is 0 Å². The average molecular weight is 215 g/mol. The molecule has 0 aliphatic rings. The fraction of sp³-hybridized carbons (Fsp3) is 0.100. The molecule has 0 spiro atoms. The van der Waals surface area contributed by atoms with Crippen LogP contribution >= 0.6 is 23.2 Å². The third-order valence-corrected chi connectivity index (χ3v) is 2.41. The number of hydrogen-bond acceptors (Lipinski definition) is 1. The molecule has 0 saturated carbocycles. The molecule has 3 heteroatoms. The van der Waals surface area contributed by atoms with Crippen LogP contribution in [0.5, 0.6) is 0 Å². The van der Waals surface area contributed by atoms with Gasteiger partial charge in [0.25, 0.3) is 0 Å². The first-order chi connectivity index (χ1) is 6.16. The first-order valence-corrected chi connectivity index (χ1v) is 4.40. The van der Waals surface area contributed by atoms with Crippen LogP contribution in [0.1, 0.15) is 11.7 Å². The summed E-state index contributed by atoms with van der Waals surface area (Å²) in [4.78, 5) is 0. The fourth-order valence-corrected chi connectivity index (χ4v) is 1.37.